The lowest BCUT2D eigenvalue weighted by Crippen LogP contribution is -2.44. The van der Waals surface area contributed by atoms with E-state index in [1.165, 1.54) is 19.3 Å². The predicted octanol–water partition coefficient (Wildman–Crippen LogP) is 2.91. The Bertz CT molecular complexity index is 486. The molecule has 2 rings (SSSR count). The van der Waals surface area contributed by atoms with Gasteiger partial charge in [0.1, 0.15) is 0 Å². The first kappa shape index (κ1) is 16.3. The van der Waals surface area contributed by atoms with Crippen molar-refractivity contribution in [1.82, 2.24) is 5.32 Å². The molecule has 1 atom stereocenters. The maximum atomic E-state index is 11.7. The predicted molar refractivity (Wildman–Crippen MR) is 90.8 cm³/mol. The van der Waals surface area contributed by atoms with Crippen LogP contribution in [0.1, 0.15) is 43.0 Å². The van der Waals surface area contributed by atoms with Crippen molar-refractivity contribution in [1.29, 1.82) is 0 Å². The Balaban J connectivity index is 2.22. The summed E-state index contributed by atoms with van der Waals surface area (Å²) in [4.78, 5) is 14.0. The second kappa shape index (κ2) is 7.80. The number of piperidine rings is 1. The smallest absolute Gasteiger partial charge is 0.250 e. The molecule has 4 nitrogen and oxygen atoms in total. The highest BCUT2D eigenvalue weighted by molar-refractivity contribution is 9.10. The SMILES string of the molecule is CCCN(CC1CCCCN1)c1ccc(Br)cc1C(N)=O. The standard InChI is InChI=1S/C16H24BrN3O/c1-2-9-20(11-13-5-3-4-8-19-13)15-7-6-12(17)10-14(15)16(18)21/h6-7,10,13,19H,2-5,8-9,11H2,1H3,(H2,18,21). The lowest BCUT2D eigenvalue weighted by atomic mass is 10.0. The maximum absolute atomic E-state index is 11.7. The monoisotopic (exact) mass is 353 g/mol. The summed E-state index contributed by atoms with van der Waals surface area (Å²) < 4.78 is 0.882. The Kier molecular flexibility index (Phi) is 6.06. The first-order valence-electron chi connectivity index (χ1n) is 7.69. The van der Waals surface area contributed by atoms with Crippen molar-refractivity contribution in [3.63, 3.8) is 0 Å². The molecule has 0 aliphatic carbocycles. The Morgan fingerprint density at radius 1 is 1.48 bits per heavy atom. The first-order chi connectivity index (χ1) is 10.1. The lowest BCUT2D eigenvalue weighted by molar-refractivity contribution is 0.100. The summed E-state index contributed by atoms with van der Waals surface area (Å²) in [7, 11) is 0. The summed E-state index contributed by atoms with van der Waals surface area (Å²) in [5.74, 6) is -0.371. The van der Waals surface area contributed by atoms with E-state index < -0.39 is 0 Å². The van der Waals surface area contributed by atoms with Crippen molar-refractivity contribution < 1.29 is 4.79 Å². The van der Waals surface area contributed by atoms with Gasteiger partial charge < -0.3 is 16.0 Å². The van der Waals surface area contributed by atoms with Gasteiger partial charge in [-0.15, -0.1) is 0 Å². The molecule has 0 radical (unpaired) electrons. The number of carbonyl (C=O) groups is 1. The number of benzene rings is 1. The molecular formula is C16H24BrN3O. The van der Waals surface area contributed by atoms with Crippen LogP contribution in [0.3, 0.4) is 0 Å². The molecule has 1 aliphatic heterocycles. The van der Waals surface area contributed by atoms with E-state index in [1.807, 2.05) is 18.2 Å². The molecule has 1 aliphatic rings. The molecule has 1 saturated heterocycles. The number of rotatable bonds is 6. The van der Waals surface area contributed by atoms with Gasteiger partial charge >= 0.3 is 0 Å². The number of nitrogens with one attached hydrogen (secondary N) is 1. The number of hydrogen-bond acceptors (Lipinski definition) is 3. The van der Waals surface area contributed by atoms with Crippen molar-refractivity contribution in [3.05, 3.63) is 28.2 Å². The van der Waals surface area contributed by atoms with Gasteiger partial charge in [-0.1, -0.05) is 29.3 Å². The fourth-order valence-corrected chi connectivity index (χ4v) is 3.27. The highest BCUT2D eigenvalue weighted by Crippen LogP contribution is 2.25. The van der Waals surface area contributed by atoms with E-state index >= 15 is 0 Å². The Labute approximate surface area is 135 Å². The third kappa shape index (κ3) is 4.45. The number of halogens is 1. The molecular weight excluding hydrogens is 330 g/mol. The fourth-order valence-electron chi connectivity index (χ4n) is 2.91. The summed E-state index contributed by atoms with van der Waals surface area (Å²) in [6, 6.07) is 6.27. The van der Waals surface area contributed by atoms with Gasteiger partial charge in [0.25, 0.3) is 5.91 Å². The van der Waals surface area contributed by atoms with Crippen molar-refractivity contribution in [3.8, 4) is 0 Å². The van der Waals surface area contributed by atoms with E-state index in [2.05, 4.69) is 33.1 Å². The largest absolute Gasteiger partial charge is 0.369 e. The van der Waals surface area contributed by atoms with Gasteiger partial charge in [0.15, 0.2) is 0 Å². The minimum Gasteiger partial charge on any atom is -0.369 e. The van der Waals surface area contributed by atoms with E-state index in [0.717, 1.165) is 36.2 Å². The average molecular weight is 354 g/mol. The molecule has 1 aromatic rings. The van der Waals surface area contributed by atoms with Crippen molar-refractivity contribution in [2.24, 2.45) is 5.73 Å². The highest BCUT2D eigenvalue weighted by atomic mass is 79.9. The van der Waals surface area contributed by atoms with Crippen LogP contribution in [0.4, 0.5) is 5.69 Å². The molecule has 1 fully saturated rings. The van der Waals surface area contributed by atoms with Crippen LogP contribution in [-0.4, -0.2) is 31.6 Å². The molecule has 21 heavy (non-hydrogen) atoms. The number of anilines is 1. The van der Waals surface area contributed by atoms with Gasteiger partial charge in [-0.3, -0.25) is 4.79 Å². The van der Waals surface area contributed by atoms with Crippen LogP contribution < -0.4 is 16.0 Å². The summed E-state index contributed by atoms with van der Waals surface area (Å²) in [5, 5.41) is 3.57. The number of amides is 1. The molecule has 0 spiro atoms. The fraction of sp³-hybridized carbons (Fsp3) is 0.562. The molecule has 0 aromatic heterocycles. The van der Waals surface area contributed by atoms with Crippen molar-refractivity contribution in [2.75, 3.05) is 24.5 Å². The summed E-state index contributed by atoms with van der Waals surface area (Å²) in [6.45, 7) is 5.10. The molecule has 0 saturated carbocycles. The van der Waals surface area contributed by atoms with Crippen LogP contribution in [-0.2, 0) is 0 Å². The van der Waals surface area contributed by atoms with Gasteiger partial charge in [-0.2, -0.15) is 0 Å². The van der Waals surface area contributed by atoms with E-state index in [-0.39, 0.29) is 5.91 Å². The molecule has 1 amide bonds. The average Bonchev–Trinajstić information content (AvgIpc) is 2.48. The number of nitrogens with zero attached hydrogens (tertiary/aromatic N) is 1. The van der Waals surface area contributed by atoms with Gasteiger partial charge in [-0.05, 0) is 44.0 Å². The molecule has 1 unspecified atom stereocenters. The molecule has 1 heterocycles. The van der Waals surface area contributed by atoms with Crippen LogP contribution in [0.5, 0.6) is 0 Å². The van der Waals surface area contributed by atoms with Crippen molar-refractivity contribution >= 4 is 27.5 Å². The minimum atomic E-state index is -0.371. The van der Waals surface area contributed by atoms with E-state index in [0.29, 0.717) is 11.6 Å². The highest BCUT2D eigenvalue weighted by Gasteiger charge is 2.20. The van der Waals surface area contributed by atoms with E-state index in [4.69, 9.17) is 5.73 Å². The van der Waals surface area contributed by atoms with Crippen molar-refractivity contribution in [2.45, 2.75) is 38.6 Å². The summed E-state index contributed by atoms with van der Waals surface area (Å²) >= 11 is 3.41. The Hall–Kier alpha value is -1.07. The number of hydrogen-bond donors (Lipinski definition) is 2. The maximum Gasteiger partial charge on any atom is 0.250 e. The zero-order chi connectivity index (χ0) is 15.2. The Morgan fingerprint density at radius 2 is 2.29 bits per heavy atom. The quantitative estimate of drug-likeness (QED) is 0.826. The molecule has 0 bridgehead atoms. The van der Waals surface area contributed by atoms with Crippen LogP contribution in [0.25, 0.3) is 0 Å². The normalized spacial score (nSPS) is 18.5. The Morgan fingerprint density at radius 3 is 2.90 bits per heavy atom. The van der Waals surface area contributed by atoms with Crippen LogP contribution in [0.2, 0.25) is 0 Å². The van der Waals surface area contributed by atoms with Gasteiger partial charge in [0.2, 0.25) is 0 Å². The third-order valence-electron chi connectivity index (χ3n) is 3.91. The molecule has 3 N–H and O–H groups in total. The van der Waals surface area contributed by atoms with Crippen LogP contribution in [0, 0.1) is 0 Å². The van der Waals surface area contributed by atoms with Gasteiger partial charge in [0, 0.05) is 29.3 Å². The number of primary amides is 1. The topological polar surface area (TPSA) is 58.4 Å². The van der Waals surface area contributed by atoms with Crippen LogP contribution >= 0.6 is 15.9 Å². The van der Waals surface area contributed by atoms with Crippen LogP contribution in [0.15, 0.2) is 22.7 Å². The molecule has 116 valence electrons. The second-order valence-electron chi connectivity index (χ2n) is 5.62. The first-order valence-corrected chi connectivity index (χ1v) is 8.48. The van der Waals surface area contributed by atoms with E-state index in [9.17, 15) is 4.79 Å². The zero-order valence-corrected chi connectivity index (χ0v) is 14.2. The molecule has 5 heteroatoms. The minimum absolute atomic E-state index is 0.371. The number of nitrogens with two attached hydrogens (primary N) is 1. The number of carbonyl (C=O) groups excluding carboxylic acids is 1. The third-order valence-corrected chi connectivity index (χ3v) is 4.40. The zero-order valence-electron chi connectivity index (χ0n) is 12.6. The lowest BCUT2D eigenvalue weighted by Gasteiger charge is -2.33. The van der Waals surface area contributed by atoms with Gasteiger partial charge in [0.05, 0.1) is 5.56 Å². The van der Waals surface area contributed by atoms with Gasteiger partial charge in [-0.25, -0.2) is 0 Å². The summed E-state index contributed by atoms with van der Waals surface area (Å²) in [6.07, 6.45) is 4.78. The second-order valence-corrected chi connectivity index (χ2v) is 6.53. The molecule has 1 aromatic carbocycles. The summed E-state index contributed by atoms with van der Waals surface area (Å²) in [5.41, 5.74) is 7.08. The van der Waals surface area contributed by atoms with E-state index in [1.54, 1.807) is 0 Å².